The van der Waals surface area contributed by atoms with E-state index in [1.54, 1.807) is 0 Å². The number of piperidine rings is 1. The molecule has 0 aliphatic carbocycles. The van der Waals surface area contributed by atoms with Crippen molar-refractivity contribution in [1.82, 2.24) is 0 Å². The summed E-state index contributed by atoms with van der Waals surface area (Å²) in [7, 11) is 0. The number of rotatable bonds is 17. The number of carbonyl (C=O) groups is 2. The summed E-state index contributed by atoms with van der Waals surface area (Å²) in [6, 6.07) is 20.2. The zero-order valence-corrected chi connectivity index (χ0v) is 28.1. The molecule has 0 N–H and O–H groups in total. The third-order valence-corrected chi connectivity index (χ3v) is 10.7. The Labute approximate surface area is 277 Å². The second kappa shape index (κ2) is 17.5. The standard InChI is InChI=1S/C38H54NO5.ClH/c1-2-3-4-5-6-7-8-9-16-23-36(40)42-30-43-38(31-19-12-10-13-20-31,32-21-14-11-15-22-32)37(41)44-35-28-33-24-25-34(29-35)39(33)26-17-18-27-39;/h10-15,19-22,33-35H,2-9,16-18,23-30H2,1H3;1H/q+1;/p-1. The van der Waals surface area contributed by atoms with Gasteiger partial charge in [0, 0.05) is 44.9 Å². The molecular weight excluding hydrogens is 586 g/mol. The van der Waals surface area contributed by atoms with E-state index in [1.807, 2.05) is 60.7 Å². The second-order valence-electron chi connectivity index (χ2n) is 13.4. The molecule has 3 fully saturated rings. The van der Waals surface area contributed by atoms with Crippen LogP contribution in [0.3, 0.4) is 0 Å². The van der Waals surface area contributed by atoms with E-state index in [0.717, 1.165) is 32.1 Å². The van der Waals surface area contributed by atoms with Crippen molar-refractivity contribution in [2.75, 3.05) is 19.9 Å². The zero-order valence-electron chi connectivity index (χ0n) is 27.3. The van der Waals surface area contributed by atoms with Gasteiger partial charge in [-0.3, -0.25) is 4.79 Å². The van der Waals surface area contributed by atoms with Crippen molar-refractivity contribution in [3.63, 3.8) is 0 Å². The van der Waals surface area contributed by atoms with Gasteiger partial charge in [0.15, 0.2) is 6.79 Å². The highest BCUT2D eigenvalue weighted by Crippen LogP contribution is 2.47. The van der Waals surface area contributed by atoms with Crippen LogP contribution in [0.15, 0.2) is 60.7 Å². The average Bonchev–Trinajstić information content (AvgIpc) is 3.59. The number of esters is 2. The summed E-state index contributed by atoms with van der Waals surface area (Å²) in [5.74, 6) is -0.719. The smallest absolute Gasteiger partial charge is 0.348 e. The molecule has 3 saturated heterocycles. The summed E-state index contributed by atoms with van der Waals surface area (Å²) in [5.41, 5.74) is -0.183. The number of quaternary nitrogens is 1. The lowest BCUT2D eigenvalue weighted by Crippen LogP contribution is -3.00. The predicted octanol–water partition coefficient (Wildman–Crippen LogP) is 5.22. The first-order valence-electron chi connectivity index (χ1n) is 17.6. The highest BCUT2D eigenvalue weighted by atomic mass is 35.5. The Morgan fingerprint density at radius 2 is 1.27 bits per heavy atom. The van der Waals surface area contributed by atoms with Crippen LogP contribution in [-0.4, -0.2) is 54.5 Å². The summed E-state index contributed by atoms with van der Waals surface area (Å²) in [6.07, 6.45) is 17.8. The monoisotopic (exact) mass is 639 g/mol. The fraction of sp³-hybridized carbons (Fsp3) is 0.632. The highest BCUT2D eigenvalue weighted by molar-refractivity contribution is 5.86. The topological polar surface area (TPSA) is 61.8 Å². The minimum atomic E-state index is -1.53. The van der Waals surface area contributed by atoms with E-state index < -0.39 is 11.6 Å². The molecule has 2 bridgehead atoms. The molecule has 45 heavy (non-hydrogen) atoms. The maximum Gasteiger partial charge on any atom is 0.348 e. The van der Waals surface area contributed by atoms with E-state index in [4.69, 9.17) is 14.2 Å². The molecule has 0 saturated carbocycles. The van der Waals surface area contributed by atoms with Crippen molar-refractivity contribution in [2.24, 2.45) is 0 Å². The quantitative estimate of drug-likeness (QED) is 0.103. The summed E-state index contributed by atoms with van der Waals surface area (Å²) in [4.78, 5) is 27.1. The lowest BCUT2D eigenvalue weighted by Gasteiger charge is -2.47. The molecule has 3 aliphatic rings. The van der Waals surface area contributed by atoms with Gasteiger partial charge in [0.05, 0.1) is 25.2 Å². The molecule has 2 atom stereocenters. The van der Waals surface area contributed by atoms with Gasteiger partial charge in [0.1, 0.15) is 6.10 Å². The van der Waals surface area contributed by atoms with Crippen LogP contribution in [0.2, 0.25) is 0 Å². The molecule has 3 aliphatic heterocycles. The maximum absolute atomic E-state index is 14.4. The number of hydrogen-bond donors (Lipinski definition) is 0. The molecule has 0 radical (unpaired) electrons. The number of carbonyl (C=O) groups excluding carboxylic acids is 2. The number of benzene rings is 2. The Bertz CT molecular complexity index is 1110. The Morgan fingerprint density at radius 1 is 0.756 bits per heavy atom. The maximum atomic E-state index is 14.4. The van der Waals surface area contributed by atoms with Gasteiger partial charge in [0.25, 0.3) is 0 Å². The van der Waals surface area contributed by atoms with Crippen LogP contribution in [0.1, 0.15) is 121 Å². The van der Waals surface area contributed by atoms with Crippen LogP contribution in [0.5, 0.6) is 0 Å². The minimum absolute atomic E-state index is 0. The van der Waals surface area contributed by atoms with Gasteiger partial charge in [-0.25, -0.2) is 4.79 Å². The Balaban J connectivity index is 0.00000461. The van der Waals surface area contributed by atoms with Crippen LogP contribution in [0, 0.1) is 0 Å². The number of nitrogens with zero attached hydrogens (tertiary/aromatic N) is 1. The van der Waals surface area contributed by atoms with Crippen molar-refractivity contribution in [2.45, 2.75) is 133 Å². The Hall–Kier alpha value is -2.41. The van der Waals surface area contributed by atoms with E-state index in [9.17, 15) is 9.59 Å². The van der Waals surface area contributed by atoms with E-state index in [0.29, 0.717) is 29.6 Å². The van der Waals surface area contributed by atoms with Gasteiger partial charge in [0.2, 0.25) is 5.60 Å². The molecule has 0 amide bonds. The fourth-order valence-corrected chi connectivity index (χ4v) is 8.35. The van der Waals surface area contributed by atoms with Crippen molar-refractivity contribution >= 4 is 11.9 Å². The van der Waals surface area contributed by atoms with Crippen molar-refractivity contribution in [3.8, 4) is 0 Å². The third-order valence-electron chi connectivity index (χ3n) is 10.7. The molecule has 6 nitrogen and oxygen atoms in total. The first-order valence-corrected chi connectivity index (χ1v) is 17.6. The minimum Gasteiger partial charge on any atom is -1.00 e. The molecule has 248 valence electrons. The van der Waals surface area contributed by atoms with Gasteiger partial charge in [-0.2, -0.15) is 0 Å². The lowest BCUT2D eigenvalue weighted by atomic mass is 9.85. The normalized spacial score (nSPS) is 21.8. The first kappa shape index (κ1) is 35.4. The van der Waals surface area contributed by atoms with Crippen LogP contribution in [-0.2, 0) is 29.4 Å². The van der Waals surface area contributed by atoms with Crippen LogP contribution in [0.25, 0.3) is 0 Å². The molecule has 2 aromatic rings. The third kappa shape index (κ3) is 8.50. The van der Waals surface area contributed by atoms with Gasteiger partial charge in [-0.05, 0) is 17.5 Å². The lowest BCUT2D eigenvalue weighted by molar-refractivity contribution is -0.956. The molecular formula is C38H54ClNO5. The summed E-state index contributed by atoms with van der Waals surface area (Å²) in [6.45, 7) is 4.48. The fourth-order valence-electron chi connectivity index (χ4n) is 8.35. The van der Waals surface area contributed by atoms with E-state index in [-0.39, 0.29) is 31.3 Å². The molecule has 3 heterocycles. The van der Waals surface area contributed by atoms with Crippen molar-refractivity contribution < 1.29 is 40.7 Å². The first-order chi connectivity index (χ1) is 21.6. The van der Waals surface area contributed by atoms with Gasteiger partial charge in [-0.1, -0.05) is 119 Å². The van der Waals surface area contributed by atoms with E-state index in [1.165, 1.54) is 81.8 Å². The second-order valence-corrected chi connectivity index (χ2v) is 13.4. The number of hydrogen-bond acceptors (Lipinski definition) is 5. The van der Waals surface area contributed by atoms with Crippen molar-refractivity contribution in [3.05, 3.63) is 71.8 Å². The summed E-state index contributed by atoms with van der Waals surface area (Å²) >= 11 is 0. The number of unbranched alkanes of at least 4 members (excludes halogenated alkanes) is 8. The average molecular weight is 640 g/mol. The highest BCUT2D eigenvalue weighted by Gasteiger charge is 2.57. The predicted molar refractivity (Wildman–Crippen MR) is 173 cm³/mol. The van der Waals surface area contributed by atoms with Gasteiger partial charge >= 0.3 is 11.9 Å². The molecule has 5 rings (SSSR count). The number of halogens is 1. The van der Waals surface area contributed by atoms with Crippen LogP contribution >= 0.6 is 0 Å². The van der Waals surface area contributed by atoms with Crippen LogP contribution in [0.4, 0.5) is 0 Å². The summed E-state index contributed by atoms with van der Waals surface area (Å²) < 4.78 is 19.7. The largest absolute Gasteiger partial charge is 1.00 e. The molecule has 7 heteroatoms. The zero-order chi connectivity index (χ0) is 30.7. The molecule has 0 aromatic heterocycles. The van der Waals surface area contributed by atoms with Gasteiger partial charge in [-0.15, -0.1) is 0 Å². The Morgan fingerprint density at radius 3 is 1.80 bits per heavy atom. The Kier molecular flexibility index (Phi) is 13.8. The van der Waals surface area contributed by atoms with E-state index in [2.05, 4.69) is 6.92 Å². The van der Waals surface area contributed by atoms with Crippen molar-refractivity contribution in [1.29, 1.82) is 0 Å². The number of ether oxygens (including phenoxy) is 3. The molecule has 2 unspecified atom stereocenters. The summed E-state index contributed by atoms with van der Waals surface area (Å²) in [5, 5.41) is 0. The SMILES string of the molecule is CCCCCCCCCCCC(=O)OCOC(C(=O)OC1CC2CCC(C1)[N+]21CCCC1)(c1ccccc1)c1ccccc1.[Cl-]. The molecule has 1 spiro atoms. The van der Waals surface area contributed by atoms with E-state index >= 15 is 0 Å². The van der Waals surface area contributed by atoms with Gasteiger partial charge < -0.3 is 31.1 Å². The molecule has 2 aromatic carbocycles. The van der Waals surface area contributed by atoms with Crippen LogP contribution < -0.4 is 12.4 Å².